The molecular weight excluding hydrogens is 332 g/mol. The van der Waals surface area contributed by atoms with Crippen LogP contribution in [0.15, 0.2) is 34.4 Å². The van der Waals surface area contributed by atoms with Gasteiger partial charge in [0.1, 0.15) is 5.60 Å². The van der Waals surface area contributed by atoms with Gasteiger partial charge >= 0.3 is 0 Å². The highest BCUT2D eigenvalue weighted by atomic mass is 16.5. The molecule has 2 aliphatic rings. The zero-order valence-corrected chi connectivity index (χ0v) is 18.8. The Morgan fingerprint density at radius 3 is 2.67 bits per heavy atom. The highest BCUT2D eigenvalue weighted by molar-refractivity contribution is 5.44. The summed E-state index contributed by atoms with van der Waals surface area (Å²) in [7, 11) is 0. The van der Waals surface area contributed by atoms with E-state index in [9.17, 15) is 5.11 Å². The standard InChI is InChI=1S/C25H42O2/c1-8-25-21(6)20(5)23(26)17-22(25)14-16-24(7,27-25)15-10-13-19(4)12-9-11-18(2)3/h11,17,19,23,26H,8-10,12-16H2,1-7H3. The lowest BCUT2D eigenvalue weighted by molar-refractivity contribution is -0.144. The Labute approximate surface area is 167 Å². The molecule has 154 valence electrons. The van der Waals surface area contributed by atoms with Crippen molar-refractivity contribution in [2.45, 2.75) is 117 Å². The molecule has 1 N–H and O–H groups in total. The van der Waals surface area contributed by atoms with Crippen LogP contribution in [0.4, 0.5) is 0 Å². The fraction of sp³-hybridized carbons (Fsp3) is 0.760. The molecule has 1 aliphatic heterocycles. The van der Waals surface area contributed by atoms with E-state index in [0.29, 0.717) is 0 Å². The third kappa shape index (κ3) is 5.15. The van der Waals surface area contributed by atoms with Gasteiger partial charge in [0.25, 0.3) is 0 Å². The molecule has 0 spiro atoms. The van der Waals surface area contributed by atoms with E-state index in [0.717, 1.165) is 37.2 Å². The van der Waals surface area contributed by atoms with Crippen molar-refractivity contribution in [2.24, 2.45) is 5.92 Å². The van der Waals surface area contributed by atoms with Crippen molar-refractivity contribution in [3.63, 3.8) is 0 Å². The zero-order valence-electron chi connectivity index (χ0n) is 18.8. The smallest absolute Gasteiger partial charge is 0.111 e. The van der Waals surface area contributed by atoms with Crippen molar-refractivity contribution in [3.8, 4) is 0 Å². The molecule has 0 saturated carbocycles. The van der Waals surface area contributed by atoms with Gasteiger partial charge in [0.15, 0.2) is 0 Å². The van der Waals surface area contributed by atoms with E-state index in [4.69, 9.17) is 4.74 Å². The predicted molar refractivity (Wildman–Crippen MR) is 116 cm³/mol. The second kappa shape index (κ2) is 9.09. The molecular formula is C25H42O2. The molecule has 2 rings (SSSR count). The van der Waals surface area contributed by atoms with Crippen molar-refractivity contribution in [1.29, 1.82) is 0 Å². The van der Waals surface area contributed by atoms with Crippen LogP contribution in [0.3, 0.4) is 0 Å². The second-order valence-electron chi connectivity index (χ2n) is 9.53. The van der Waals surface area contributed by atoms with Gasteiger partial charge < -0.3 is 9.84 Å². The third-order valence-electron chi connectivity index (χ3n) is 6.97. The Balaban J connectivity index is 1.97. The fourth-order valence-corrected chi connectivity index (χ4v) is 4.90. The molecule has 2 heteroatoms. The minimum absolute atomic E-state index is 0.0587. The average Bonchev–Trinajstić information content (AvgIpc) is 2.60. The second-order valence-corrected chi connectivity index (χ2v) is 9.53. The van der Waals surface area contributed by atoms with Gasteiger partial charge in [0.2, 0.25) is 0 Å². The minimum Gasteiger partial charge on any atom is -0.385 e. The summed E-state index contributed by atoms with van der Waals surface area (Å²) < 4.78 is 6.89. The molecule has 1 saturated heterocycles. The molecule has 0 radical (unpaired) electrons. The van der Waals surface area contributed by atoms with Crippen LogP contribution in [-0.4, -0.2) is 22.4 Å². The van der Waals surface area contributed by atoms with Crippen molar-refractivity contribution in [2.75, 3.05) is 0 Å². The summed E-state index contributed by atoms with van der Waals surface area (Å²) in [5.41, 5.74) is 4.68. The Hall–Kier alpha value is -0.860. The summed E-state index contributed by atoms with van der Waals surface area (Å²) in [4.78, 5) is 0. The van der Waals surface area contributed by atoms with E-state index >= 15 is 0 Å². The quantitative estimate of drug-likeness (QED) is 0.468. The van der Waals surface area contributed by atoms with Crippen LogP contribution >= 0.6 is 0 Å². The molecule has 1 aliphatic carbocycles. The van der Waals surface area contributed by atoms with E-state index in [-0.39, 0.29) is 11.2 Å². The molecule has 2 nitrogen and oxygen atoms in total. The molecule has 27 heavy (non-hydrogen) atoms. The first-order valence-corrected chi connectivity index (χ1v) is 11.0. The van der Waals surface area contributed by atoms with E-state index in [2.05, 4.69) is 53.7 Å². The highest BCUT2D eigenvalue weighted by Crippen LogP contribution is 2.50. The molecule has 1 heterocycles. The van der Waals surface area contributed by atoms with Gasteiger partial charge in [0, 0.05) is 0 Å². The van der Waals surface area contributed by atoms with Crippen molar-refractivity contribution in [3.05, 3.63) is 34.4 Å². The number of aliphatic hydroxyl groups is 1. The van der Waals surface area contributed by atoms with Crippen LogP contribution in [-0.2, 0) is 4.74 Å². The molecule has 4 unspecified atom stereocenters. The highest BCUT2D eigenvalue weighted by Gasteiger charge is 2.48. The number of rotatable bonds is 8. The van der Waals surface area contributed by atoms with Gasteiger partial charge in [-0.1, -0.05) is 38.3 Å². The van der Waals surface area contributed by atoms with Crippen molar-refractivity contribution < 1.29 is 9.84 Å². The number of aliphatic hydroxyl groups excluding tert-OH is 1. The number of hydrogen-bond acceptors (Lipinski definition) is 2. The summed E-state index contributed by atoms with van der Waals surface area (Å²) in [5.74, 6) is 0.775. The lowest BCUT2D eigenvalue weighted by Crippen LogP contribution is -2.51. The lowest BCUT2D eigenvalue weighted by Gasteiger charge is -2.51. The van der Waals surface area contributed by atoms with Crippen molar-refractivity contribution >= 4 is 0 Å². The summed E-state index contributed by atoms with van der Waals surface area (Å²) >= 11 is 0. The van der Waals surface area contributed by atoms with Gasteiger partial charge in [-0.15, -0.1) is 0 Å². The first-order valence-electron chi connectivity index (χ1n) is 11.0. The predicted octanol–water partition coefficient (Wildman–Crippen LogP) is 6.89. The third-order valence-corrected chi connectivity index (χ3v) is 6.97. The molecule has 0 aromatic rings. The Kier molecular flexibility index (Phi) is 7.55. The van der Waals surface area contributed by atoms with Crippen LogP contribution in [0.5, 0.6) is 0 Å². The molecule has 0 bridgehead atoms. The van der Waals surface area contributed by atoms with Gasteiger partial charge in [-0.05, 0) is 102 Å². The largest absolute Gasteiger partial charge is 0.385 e. The Morgan fingerprint density at radius 2 is 2.04 bits per heavy atom. The van der Waals surface area contributed by atoms with Gasteiger partial charge in [-0.3, -0.25) is 0 Å². The van der Waals surface area contributed by atoms with E-state index in [1.807, 2.05) is 6.92 Å². The molecule has 0 amide bonds. The Bertz CT molecular complexity index is 608. The topological polar surface area (TPSA) is 29.5 Å². The van der Waals surface area contributed by atoms with Gasteiger partial charge in [-0.25, -0.2) is 0 Å². The molecule has 0 aromatic heterocycles. The number of ether oxygens (including phenoxy) is 1. The maximum Gasteiger partial charge on any atom is 0.111 e. The summed E-state index contributed by atoms with van der Waals surface area (Å²) in [6.45, 7) is 15.5. The van der Waals surface area contributed by atoms with Crippen LogP contribution in [0.25, 0.3) is 0 Å². The van der Waals surface area contributed by atoms with E-state index < -0.39 is 6.10 Å². The lowest BCUT2D eigenvalue weighted by atomic mass is 9.70. The number of hydrogen-bond donors (Lipinski definition) is 1. The van der Waals surface area contributed by atoms with Gasteiger partial charge in [-0.2, -0.15) is 0 Å². The average molecular weight is 375 g/mol. The van der Waals surface area contributed by atoms with Crippen molar-refractivity contribution in [1.82, 2.24) is 0 Å². The van der Waals surface area contributed by atoms with E-state index in [1.54, 1.807) is 0 Å². The maximum atomic E-state index is 10.3. The first kappa shape index (κ1) is 22.4. The molecule has 4 atom stereocenters. The number of fused-ring (bicyclic) bond motifs is 1. The van der Waals surface area contributed by atoms with Crippen LogP contribution < -0.4 is 0 Å². The molecule has 1 fully saturated rings. The molecule has 0 aromatic carbocycles. The summed E-state index contributed by atoms with van der Waals surface area (Å²) in [5, 5.41) is 10.3. The summed E-state index contributed by atoms with van der Waals surface area (Å²) in [6, 6.07) is 0. The van der Waals surface area contributed by atoms with Gasteiger partial charge in [0.05, 0.1) is 11.7 Å². The SMILES string of the molecule is CCC12OC(C)(CCCC(C)CCC=C(C)C)CCC1=CC(O)C(C)=C2C. The van der Waals surface area contributed by atoms with Crippen LogP contribution in [0, 0.1) is 5.92 Å². The van der Waals surface area contributed by atoms with E-state index in [1.165, 1.54) is 42.4 Å². The zero-order chi connectivity index (χ0) is 20.2. The number of allylic oxidation sites excluding steroid dienone is 2. The normalized spacial score (nSPS) is 32.0. The first-order chi connectivity index (χ1) is 12.6. The van der Waals surface area contributed by atoms with Crippen LogP contribution in [0.2, 0.25) is 0 Å². The Morgan fingerprint density at radius 1 is 1.33 bits per heavy atom. The van der Waals surface area contributed by atoms with Crippen LogP contribution in [0.1, 0.15) is 99.8 Å². The monoisotopic (exact) mass is 374 g/mol. The maximum absolute atomic E-state index is 10.3. The summed E-state index contributed by atoms with van der Waals surface area (Å²) in [6.07, 6.45) is 13.2. The fourth-order valence-electron chi connectivity index (χ4n) is 4.90. The minimum atomic E-state index is -0.436.